The lowest BCUT2D eigenvalue weighted by molar-refractivity contribution is 0.722. The molecule has 1 nitrogen and oxygen atoms in total. The number of hydrogen-bond donors (Lipinski definition) is 0. The number of nitrogens with zero attached hydrogens (tertiary/aromatic N) is 1. The van der Waals surface area contributed by atoms with Gasteiger partial charge in [-0.1, -0.05) is 236 Å². The van der Waals surface area contributed by atoms with Crippen LogP contribution in [-0.4, -0.2) is 0 Å². The molecule has 78 heavy (non-hydrogen) atoms. The highest BCUT2D eigenvalue weighted by atomic mass is 32.2. The minimum Gasteiger partial charge on any atom is -0.310 e. The van der Waals surface area contributed by atoms with Gasteiger partial charge in [-0.3, -0.25) is 0 Å². The molecule has 0 aromatic heterocycles. The van der Waals surface area contributed by atoms with Crippen LogP contribution in [0.4, 0.5) is 17.1 Å². The van der Waals surface area contributed by atoms with Gasteiger partial charge in [0.1, 0.15) is 0 Å². The molecule has 362 valence electrons. The third-order valence-electron chi connectivity index (χ3n) is 18.4. The van der Waals surface area contributed by atoms with Crippen molar-refractivity contribution in [3.05, 3.63) is 340 Å². The Hall–Kier alpha value is -8.86. The number of anilines is 3. The number of rotatable bonds is 3. The fourth-order valence-corrected chi connectivity index (χ4v) is 18.0. The molecule has 2 heterocycles. The van der Waals surface area contributed by atoms with Crippen LogP contribution in [0.25, 0.3) is 44.5 Å². The predicted molar refractivity (Wildman–Crippen MR) is 320 cm³/mol. The summed E-state index contributed by atoms with van der Waals surface area (Å²) in [5, 5.41) is 0. The highest BCUT2D eigenvalue weighted by molar-refractivity contribution is 7.99. The molecule has 0 radical (unpaired) electrons. The van der Waals surface area contributed by atoms with E-state index in [0.717, 1.165) is 17.1 Å². The second-order valence-corrected chi connectivity index (χ2v) is 23.9. The maximum absolute atomic E-state index is 2.59. The van der Waals surface area contributed by atoms with Crippen LogP contribution in [0.5, 0.6) is 0 Å². The zero-order valence-corrected chi connectivity index (χ0v) is 43.9. The molecule has 12 aromatic rings. The summed E-state index contributed by atoms with van der Waals surface area (Å²) in [6.45, 7) is 0. The normalized spacial score (nSPS) is 15.4. The first kappa shape index (κ1) is 43.3. The standard InChI is InChI=1S/C75H45NS2/c1-6-24-57-49(19-1)50-20-2-7-25-58(50)73(57)59-26-8-3-21-51(59)54-40-37-47(44-67(54)73)76(46-39-42-62-56(43-46)53-23-5-10-28-61(53)74(62)63-29-11-15-33-69(63)77-70-34-16-12-30-64(70)74)48-38-41-55-52-22-4-9-27-60(52)75(68(55)45-48)65-31-13-17-35-71(65)78-72-36-18-14-32-66(72)75/h1-45H. The summed E-state index contributed by atoms with van der Waals surface area (Å²) in [4.78, 5) is 7.81. The fourth-order valence-electron chi connectivity index (χ4n) is 15.6. The van der Waals surface area contributed by atoms with Gasteiger partial charge in [-0.25, -0.2) is 0 Å². The van der Waals surface area contributed by atoms with Crippen molar-refractivity contribution in [2.45, 2.75) is 35.8 Å². The molecule has 18 rings (SSSR count). The van der Waals surface area contributed by atoms with Gasteiger partial charge in [0.2, 0.25) is 0 Å². The Morgan fingerprint density at radius 1 is 0.192 bits per heavy atom. The van der Waals surface area contributed by atoms with Crippen molar-refractivity contribution < 1.29 is 0 Å². The second kappa shape index (κ2) is 15.6. The molecule has 12 aromatic carbocycles. The topological polar surface area (TPSA) is 3.24 Å². The van der Waals surface area contributed by atoms with Gasteiger partial charge in [0.15, 0.2) is 0 Å². The van der Waals surface area contributed by atoms with Crippen LogP contribution in [0, 0.1) is 0 Å². The van der Waals surface area contributed by atoms with E-state index in [-0.39, 0.29) is 0 Å². The van der Waals surface area contributed by atoms with Crippen molar-refractivity contribution in [1.29, 1.82) is 0 Å². The van der Waals surface area contributed by atoms with E-state index in [1.165, 1.54) is 131 Å². The zero-order chi connectivity index (χ0) is 50.9. The first-order chi connectivity index (χ1) is 38.7. The van der Waals surface area contributed by atoms with Crippen LogP contribution in [-0.2, 0) is 16.2 Å². The lowest BCUT2D eigenvalue weighted by Gasteiger charge is -2.40. The third-order valence-corrected chi connectivity index (χ3v) is 20.7. The first-order valence-electron chi connectivity index (χ1n) is 27.1. The van der Waals surface area contributed by atoms with Crippen molar-refractivity contribution >= 4 is 40.6 Å². The van der Waals surface area contributed by atoms with Gasteiger partial charge in [0.05, 0.1) is 16.2 Å². The SMILES string of the molecule is c1ccc2c(c1)Sc1ccccc1C21c2ccccc2-c2cc(N(c3ccc4c(c3)C3(c5ccccc5Sc5ccccc53)c3ccccc3-4)c3ccc4c(c3)C3(c5ccccc5-c5ccccc53)c3ccccc3-4)ccc21. The Bertz CT molecular complexity index is 4460. The van der Waals surface area contributed by atoms with Crippen molar-refractivity contribution in [3.63, 3.8) is 0 Å². The van der Waals surface area contributed by atoms with E-state index >= 15 is 0 Å². The van der Waals surface area contributed by atoms with Crippen molar-refractivity contribution in [2.24, 2.45) is 0 Å². The monoisotopic (exact) mass is 1020 g/mol. The average Bonchev–Trinajstić information content (AvgIpc) is 4.37. The van der Waals surface area contributed by atoms with Crippen LogP contribution in [0.3, 0.4) is 0 Å². The minimum absolute atomic E-state index is 0.478. The quantitative estimate of drug-likeness (QED) is 0.174. The molecule has 0 N–H and O–H groups in total. The Balaban J connectivity index is 0.929. The van der Waals surface area contributed by atoms with Crippen LogP contribution in [0.15, 0.2) is 293 Å². The van der Waals surface area contributed by atoms with Gasteiger partial charge in [0, 0.05) is 36.6 Å². The molecule has 3 heteroatoms. The number of fused-ring (bicyclic) bond motifs is 28. The van der Waals surface area contributed by atoms with Crippen LogP contribution < -0.4 is 4.90 Å². The van der Waals surface area contributed by atoms with Crippen molar-refractivity contribution in [1.82, 2.24) is 0 Å². The fraction of sp³-hybridized carbons (Fsp3) is 0.0400. The summed E-state index contributed by atoms with van der Waals surface area (Å²) in [6.07, 6.45) is 0. The zero-order valence-electron chi connectivity index (χ0n) is 42.2. The van der Waals surface area contributed by atoms with E-state index in [2.05, 4.69) is 278 Å². The van der Waals surface area contributed by atoms with E-state index in [9.17, 15) is 0 Å². The molecule has 4 aliphatic carbocycles. The van der Waals surface area contributed by atoms with Crippen molar-refractivity contribution in [3.8, 4) is 44.5 Å². The van der Waals surface area contributed by atoms with Crippen molar-refractivity contribution in [2.75, 3.05) is 4.90 Å². The van der Waals surface area contributed by atoms with Gasteiger partial charge in [0.25, 0.3) is 0 Å². The summed E-state index contributed by atoms with van der Waals surface area (Å²) >= 11 is 3.79. The highest BCUT2D eigenvalue weighted by Gasteiger charge is 2.54. The molecule has 0 unspecified atom stereocenters. The maximum atomic E-state index is 2.59. The second-order valence-electron chi connectivity index (χ2n) is 21.7. The van der Waals surface area contributed by atoms with E-state index in [1.54, 1.807) is 0 Å². The van der Waals surface area contributed by atoms with Crippen LogP contribution in [0.2, 0.25) is 0 Å². The molecule has 6 aliphatic rings. The first-order valence-corrected chi connectivity index (χ1v) is 28.8. The summed E-state index contributed by atoms with van der Waals surface area (Å²) in [5.74, 6) is 0. The van der Waals surface area contributed by atoms with E-state index in [0.29, 0.717) is 0 Å². The molecule has 0 saturated carbocycles. The van der Waals surface area contributed by atoms with Crippen LogP contribution in [0.1, 0.15) is 66.8 Å². The lowest BCUT2D eigenvalue weighted by atomic mass is 9.67. The molecule has 0 saturated heterocycles. The Morgan fingerprint density at radius 2 is 0.436 bits per heavy atom. The number of hydrogen-bond acceptors (Lipinski definition) is 3. The predicted octanol–water partition coefficient (Wildman–Crippen LogP) is 19.2. The summed E-state index contributed by atoms with van der Waals surface area (Å²) in [7, 11) is 0. The maximum Gasteiger partial charge on any atom is 0.0736 e. The Kier molecular flexibility index (Phi) is 8.68. The van der Waals surface area contributed by atoms with Gasteiger partial charge < -0.3 is 4.90 Å². The molecule has 0 atom stereocenters. The molecular formula is C75H45NS2. The van der Waals surface area contributed by atoms with Gasteiger partial charge in [-0.05, 0) is 172 Å². The number of benzene rings is 12. The smallest absolute Gasteiger partial charge is 0.0736 e. The van der Waals surface area contributed by atoms with Crippen LogP contribution >= 0.6 is 23.5 Å². The summed E-state index contributed by atoms with van der Waals surface area (Å²) < 4.78 is 0. The molecular weight excluding hydrogens is 979 g/mol. The molecule has 0 fully saturated rings. The van der Waals surface area contributed by atoms with Gasteiger partial charge in [-0.15, -0.1) is 0 Å². The molecule has 3 spiro atoms. The lowest BCUT2D eigenvalue weighted by Crippen LogP contribution is -2.32. The van der Waals surface area contributed by atoms with E-state index in [1.807, 2.05) is 23.5 Å². The third kappa shape index (κ3) is 5.22. The Morgan fingerprint density at radius 3 is 0.808 bits per heavy atom. The Labute approximate surface area is 462 Å². The molecule has 0 bridgehead atoms. The van der Waals surface area contributed by atoms with E-state index in [4.69, 9.17) is 0 Å². The summed E-state index contributed by atoms with van der Waals surface area (Å²) in [6, 6.07) is 105. The molecule has 2 aliphatic heterocycles. The average molecular weight is 1020 g/mol. The molecule has 0 amide bonds. The largest absolute Gasteiger partial charge is 0.310 e. The summed E-state index contributed by atoms with van der Waals surface area (Å²) in [5.41, 5.74) is 28.2. The minimum atomic E-state index is -0.532. The van der Waals surface area contributed by atoms with Gasteiger partial charge >= 0.3 is 0 Å². The highest BCUT2D eigenvalue weighted by Crippen LogP contribution is 2.67. The van der Waals surface area contributed by atoms with Gasteiger partial charge in [-0.2, -0.15) is 0 Å². The van der Waals surface area contributed by atoms with E-state index < -0.39 is 16.2 Å².